The van der Waals surface area contributed by atoms with Crippen LogP contribution in [0.2, 0.25) is 0 Å². The van der Waals surface area contributed by atoms with Gasteiger partial charge in [0.2, 0.25) is 0 Å². The predicted molar refractivity (Wildman–Crippen MR) is 70.1 cm³/mol. The number of hydrogen-bond donors (Lipinski definition) is 3. The number of amides is 1. The first kappa shape index (κ1) is 19.1. The molecule has 0 heterocycles. The summed E-state index contributed by atoms with van der Waals surface area (Å²) in [5.74, 6) is 0.00585. The monoisotopic (exact) mass is 277 g/mol. The number of nitrogens with zero attached hydrogens (tertiary/aromatic N) is 2. The molecule has 7 heteroatoms. The number of nitrogens with one attached hydrogen (secondary N) is 1. The summed E-state index contributed by atoms with van der Waals surface area (Å²) in [6, 6.07) is 0. The number of carbonyl (C=O) groups excluding carboxylic acids is 1. The van der Waals surface area contributed by atoms with Gasteiger partial charge < -0.3 is 33.7 Å². The number of halogens is 1. The van der Waals surface area contributed by atoms with E-state index in [0.717, 1.165) is 13.0 Å². The first-order valence-corrected chi connectivity index (χ1v) is 5.56. The molecule has 18 heavy (non-hydrogen) atoms. The maximum Gasteiger partial charge on any atom is 0.250 e. The average Bonchev–Trinajstić information content (AvgIpc) is 2.21. The summed E-state index contributed by atoms with van der Waals surface area (Å²) in [7, 11) is 4.07. The molecule has 106 valence electrons. The van der Waals surface area contributed by atoms with Crippen LogP contribution < -0.4 is 29.2 Å². The Hall–Kier alpha value is -1.27. The highest BCUT2D eigenvalue weighted by Gasteiger charge is 2.15. The Morgan fingerprint density at radius 3 is 2.39 bits per heavy atom. The van der Waals surface area contributed by atoms with Crippen molar-refractivity contribution < 1.29 is 21.7 Å². The first-order valence-electron chi connectivity index (χ1n) is 5.56. The van der Waals surface area contributed by atoms with Crippen molar-refractivity contribution in [1.29, 1.82) is 0 Å². The van der Waals surface area contributed by atoms with E-state index in [4.69, 9.17) is 11.5 Å². The van der Waals surface area contributed by atoms with Gasteiger partial charge in [0.05, 0.1) is 20.6 Å². The molecule has 1 amide bonds. The molecule has 0 aliphatic rings. The number of hydrogen-bond acceptors (Lipinski definition) is 2. The van der Waals surface area contributed by atoms with E-state index in [1.54, 1.807) is 6.92 Å². The molecule has 0 fully saturated rings. The highest BCUT2D eigenvalue weighted by molar-refractivity contribution is 5.91. The number of rotatable bonds is 7. The normalized spacial score (nSPS) is 10.2. The molecule has 0 saturated carbocycles. The van der Waals surface area contributed by atoms with Gasteiger partial charge >= 0.3 is 0 Å². The third-order valence-electron chi connectivity index (χ3n) is 2.27. The molecule has 0 aliphatic heterocycles. The maximum atomic E-state index is 11.3. The van der Waals surface area contributed by atoms with E-state index in [1.807, 2.05) is 14.1 Å². The molecule has 0 bridgehead atoms. The minimum Gasteiger partial charge on any atom is -1.00 e. The molecular formula is C11H24ClN5O. The van der Waals surface area contributed by atoms with Crippen LogP contribution >= 0.6 is 0 Å². The van der Waals surface area contributed by atoms with Crippen LogP contribution in [0, 0.1) is 0 Å². The second kappa shape index (κ2) is 8.77. The lowest BCUT2D eigenvalue weighted by Gasteiger charge is -2.29. The summed E-state index contributed by atoms with van der Waals surface area (Å²) in [5.41, 5.74) is 11.0. The molecular weight excluding hydrogens is 254 g/mol. The minimum atomic E-state index is -0.111. The van der Waals surface area contributed by atoms with Crippen molar-refractivity contribution in [3.05, 3.63) is 12.2 Å². The van der Waals surface area contributed by atoms with Crippen molar-refractivity contribution >= 4 is 11.9 Å². The molecule has 6 nitrogen and oxygen atoms in total. The van der Waals surface area contributed by atoms with E-state index in [0.29, 0.717) is 23.3 Å². The van der Waals surface area contributed by atoms with Crippen LogP contribution in [0.25, 0.3) is 0 Å². The van der Waals surface area contributed by atoms with Gasteiger partial charge in [-0.2, -0.15) is 0 Å². The average molecular weight is 278 g/mol. The van der Waals surface area contributed by atoms with Gasteiger partial charge in [0, 0.05) is 18.5 Å². The third kappa shape index (κ3) is 9.92. The van der Waals surface area contributed by atoms with Gasteiger partial charge in [-0.3, -0.25) is 9.79 Å². The van der Waals surface area contributed by atoms with Crippen LogP contribution in [0.3, 0.4) is 0 Å². The molecule has 0 aromatic rings. The van der Waals surface area contributed by atoms with Crippen LogP contribution in [0.5, 0.6) is 0 Å². The summed E-state index contributed by atoms with van der Waals surface area (Å²) in [6.45, 7) is 7.33. The lowest BCUT2D eigenvalue weighted by atomic mass is 10.3. The van der Waals surface area contributed by atoms with E-state index in [2.05, 4.69) is 16.9 Å². The third-order valence-corrected chi connectivity index (χ3v) is 2.27. The van der Waals surface area contributed by atoms with Crippen LogP contribution in [-0.2, 0) is 4.79 Å². The first-order chi connectivity index (χ1) is 7.74. The summed E-state index contributed by atoms with van der Waals surface area (Å²) < 4.78 is 0.680. The van der Waals surface area contributed by atoms with E-state index >= 15 is 0 Å². The molecule has 5 N–H and O–H groups in total. The van der Waals surface area contributed by atoms with Gasteiger partial charge in [0.1, 0.15) is 0 Å². The summed E-state index contributed by atoms with van der Waals surface area (Å²) in [6.07, 6.45) is 0.869. The standard InChI is InChI=1S/C11H23N5O.ClH/c1-9(2)10(17)15-8-16(3,4)7-5-6-14-11(12)13;/h1,5-8H2,2-4H3,(H4-,12,13,14,15,17);1H. The Balaban J connectivity index is 0. The minimum absolute atomic E-state index is 0. The maximum absolute atomic E-state index is 11.3. The number of guanidine groups is 1. The number of carbonyl (C=O) groups is 1. The van der Waals surface area contributed by atoms with Gasteiger partial charge in [-0.1, -0.05) is 6.58 Å². The zero-order valence-corrected chi connectivity index (χ0v) is 12.1. The van der Waals surface area contributed by atoms with E-state index in [9.17, 15) is 4.79 Å². The van der Waals surface area contributed by atoms with Crippen molar-refractivity contribution in [2.45, 2.75) is 13.3 Å². The van der Waals surface area contributed by atoms with E-state index in [-0.39, 0.29) is 24.3 Å². The van der Waals surface area contributed by atoms with Crippen molar-refractivity contribution in [3.8, 4) is 0 Å². The zero-order chi connectivity index (χ0) is 13.5. The second-order valence-electron chi connectivity index (χ2n) is 4.76. The number of nitrogens with two attached hydrogens (primary N) is 2. The molecule has 0 radical (unpaired) electrons. The van der Waals surface area contributed by atoms with Crippen molar-refractivity contribution in [3.63, 3.8) is 0 Å². The summed E-state index contributed by atoms with van der Waals surface area (Å²) in [5, 5.41) is 2.82. The SMILES string of the molecule is C=C(C)C(=O)NC[N+](C)(C)CCCN=C(N)N.[Cl-]. The lowest BCUT2D eigenvalue weighted by molar-refractivity contribution is -0.892. The Labute approximate surface area is 115 Å². The zero-order valence-electron chi connectivity index (χ0n) is 11.4. The van der Waals surface area contributed by atoms with Gasteiger partial charge in [-0.15, -0.1) is 0 Å². The van der Waals surface area contributed by atoms with Gasteiger partial charge in [-0.25, -0.2) is 0 Å². The molecule has 0 rings (SSSR count). The number of aliphatic imine (C=N–C) groups is 1. The second-order valence-corrected chi connectivity index (χ2v) is 4.76. The molecule has 0 spiro atoms. The van der Waals surface area contributed by atoms with Crippen LogP contribution in [-0.4, -0.2) is 50.2 Å². The van der Waals surface area contributed by atoms with Crippen molar-refractivity contribution in [1.82, 2.24) is 5.32 Å². The summed E-state index contributed by atoms with van der Waals surface area (Å²) >= 11 is 0. The fraction of sp³-hybridized carbons (Fsp3) is 0.636. The molecule has 0 aliphatic carbocycles. The fourth-order valence-electron chi connectivity index (χ4n) is 1.22. The van der Waals surface area contributed by atoms with Crippen LogP contribution in [0.1, 0.15) is 13.3 Å². The number of quaternary nitrogens is 1. The van der Waals surface area contributed by atoms with Crippen LogP contribution in [0.15, 0.2) is 17.1 Å². The highest BCUT2D eigenvalue weighted by atomic mass is 35.5. The quantitative estimate of drug-likeness (QED) is 0.112. The Kier molecular flexibility index (Phi) is 9.29. The Bertz CT molecular complexity index is 311. The molecule has 0 aromatic heterocycles. The van der Waals surface area contributed by atoms with E-state index in [1.165, 1.54) is 0 Å². The van der Waals surface area contributed by atoms with Gasteiger partial charge in [0.25, 0.3) is 5.91 Å². The molecule has 0 saturated heterocycles. The Morgan fingerprint density at radius 2 is 1.94 bits per heavy atom. The molecule has 0 aromatic carbocycles. The lowest BCUT2D eigenvalue weighted by Crippen LogP contribution is -3.00. The van der Waals surface area contributed by atoms with Crippen LogP contribution in [0.4, 0.5) is 0 Å². The summed E-state index contributed by atoms with van der Waals surface area (Å²) in [4.78, 5) is 15.2. The van der Waals surface area contributed by atoms with Crippen molar-refractivity contribution in [2.24, 2.45) is 16.5 Å². The van der Waals surface area contributed by atoms with E-state index < -0.39 is 0 Å². The molecule has 0 unspecified atom stereocenters. The topological polar surface area (TPSA) is 93.5 Å². The van der Waals surface area contributed by atoms with Gasteiger partial charge in [0.15, 0.2) is 12.6 Å². The smallest absolute Gasteiger partial charge is 0.250 e. The Morgan fingerprint density at radius 1 is 1.39 bits per heavy atom. The van der Waals surface area contributed by atoms with Crippen molar-refractivity contribution in [2.75, 3.05) is 33.9 Å². The predicted octanol–water partition coefficient (Wildman–Crippen LogP) is -3.62. The largest absolute Gasteiger partial charge is 1.00 e. The van der Waals surface area contributed by atoms with Gasteiger partial charge in [-0.05, 0) is 6.92 Å². The molecule has 0 atom stereocenters. The fourth-order valence-corrected chi connectivity index (χ4v) is 1.22. The highest BCUT2D eigenvalue weighted by Crippen LogP contribution is 1.98.